The molecule has 2 aromatic carbocycles. The molecule has 0 saturated carbocycles. The maximum atomic E-state index is 13.1. The van der Waals surface area contributed by atoms with Gasteiger partial charge in [-0.2, -0.15) is 0 Å². The van der Waals surface area contributed by atoms with Gasteiger partial charge in [-0.3, -0.25) is 14.2 Å². The zero-order chi connectivity index (χ0) is 19.7. The fraction of sp³-hybridized carbons (Fsp3) is 0.273. The number of aromatic nitrogens is 1. The first-order valence-corrected chi connectivity index (χ1v) is 9.38. The van der Waals surface area contributed by atoms with Crippen LogP contribution in [0.4, 0.5) is 5.69 Å². The number of para-hydroxylation sites is 1. The Labute approximate surface area is 163 Å². The standard InChI is InChI=1S/C22H23N3O3/c1-16(26)25-15-20(19-5-3-4-6-21(19)25)22(27)24-13-11-23(12-14-24)17-7-9-18(28-2)10-8-17/h3-10,15H,11-14H2,1-2H3. The Morgan fingerprint density at radius 3 is 2.25 bits per heavy atom. The summed E-state index contributed by atoms with van der Waals surface area (Å²) in [6, 6.07) is 15.5. The maximum Gasteiger partial charge on any atom is 0.256 e. The average Bonchev–Trinajstić information content (AvgIpc) is 3.13. The Bertz CT molecular complexity index is 1020. The minimum Gasteiger partial charge on any atom is -0.497 e. The fourth-order valence-electron chi connectivity index (χ4n) is 3.74. The summed E-state index contributed by atoms with van der Waals surface area (Å²) >= 11 is 0. The Balaban J connectivity index is 1.51. The van der Waals surface area contributed by atoms with Crippen LogP contribution in [-0.2, 0) is 0 Å². The monoisotopic (exact) mass is 377 g/mol. The minimum absolute atomic E-state index is 0.0226. The largest absolute Gasteiger partial charge is 0.497 e. The first kappa shape index (κ1) is 18.1. The number of hydrogen-bond donors (Lipinski definition) is 0. The van der Waals surface area contributed by atoms with Crippen LogP contribution in [-0.4, -0.2) is 54.6 Å². The summed E-state index contributed by atoms with van der Waals surface area (Å²) in [5, 5.41) is 0.820. The van der Waals surface area contributed by atoms with Crippen molar-refractivity contribution < 1.29 is 14.3 Å². The van der Waals surface area contributed by atoms with E-state index < -0.39 is 0 Å². The van der Waals surface area contributed by atoms with Crippen LogP contribution in [0.2, 0.25) is 0 Å². The lowest BCUT2D eigenvalue weighted by Gasteiger charge is -2.36. The molecule has 6 nitrogen and oxygen atoms in total. The summed E-state index contributed by atoms with van der Waals surface area (Å²) in [4.78, 5) is 29.2. The number of rotatable bonds is 3. The van der Waals surface area contributed by atoms with Gasteiger partial charge in [0.2, 0.25) is 5.91 Å². The molecule has 2 heterocycles. The van der Waals surface area contributed by atoms with Crippen LogP contribution in [0.5, 0.6) is 5.75 Å². The Hall–Kier alpha value is -3.28. The van der Waals surface area contributed by atoms with Gasteiger partial charge >= 0.3 is 0 Å². The van der Waals surface area contributed by atoms with E-state index in [0.717, 1.165) is 35.4 Å². The van der Waals surface area contributed by atoms with Crippen molar-refractivity contribution in [3.8, 4) is 5.75 Å². The highest BCUT2D eigenvalue weighted by Gasteiger charge is 2.25. The third kappa shape index (κ3) is 3.22. The molecule has 28 heavy (non-hydrogen) atoms. The topological polar surface area (TPSA) is 54.8 Å². The van der Waals surface area contributed by atoms with E-state index in [-0.39, 0.29) is 11.8 Å². The van der Waals surface area contributed by atoms with Crippen molar-refractivity contribution in [2.45, 2.75) is 6.92 Å². The number of amides is 1. The Morgan fingerprint density at radius 2 is 1.61 bits per heavy atom. The van der Waals surface area contributed by atoms with Crippen LogP contribution in [0.3, 0.4) is 0 Å². The third-order valence-electron chi connectivity index (χ3n) is 5.29. The highest BCUT2D eigenvalue weighted by molar-refractivity contribution is 6.09. The van der Waals surface area contributed by atoms with Gasteiger partial charge < -0.3 is 14.5 Å². The van der Waals surface area contributed by atoms with Crippen LogP contribution in [0.1, 0.15) is 22.1 Å². The third-order valence-corrected chi connectivity index (χ3v) is 5.29. The van der Waals surface area contributed by atoms with Crippen molar-refractivity contribution in [1.29, 1.82) is 0 Å². The van der Waals surface area contributed by atoms with Gasteiger partial charge in [0.1, 0.15) is 5.75 Å². The highest BCUT2D eigenvalue weighted by atomic mass is 16.5. The molecule has 144 valence electrons. The van der Waals surface area contributed by atoms with Crippen molar-refractivity contribution in [2.75, 3.05) is 38.2 Å². The molecule has 0 radical (unpaired) electrons. The molecule has 1 saturated heterocycles. The van der Waals surface area contributed by atoms with Crippen molar-refractivity contribution >= 4 is 28.4 Å². The Kier molecular flexibility index (Phi) is 4.77. The predicted molar refractivity (Wildman–Crippen MR) is 109 cm³/mol. The molecule has 6 heteroatoms. The summed E-state index contributed by atoms with van der Waals surface area (Å²) in [6.45, 7) is 4.33. The van der Waals surface area contributed by atoms with Crippen LogP contribution >= 0.6 is 0 Å². The van der Waals surface area contributed by atoms with E-state index in [0.29, 0.717) is 18.7 Å². The molecular formula is C22H23N3O3. The lowest BCUT2D eigenvalue weighted by Crippen LogP contribution is -2.48. The lowest BCUT2D eigenvalue weighted by atomic mass is 10.1. The van der Waals surface area contributed by atoms with Crippen LogP contribution in [0.25, 0.3) is 10.9 Å². The number of methoxy groups -OCH3 is 1. The smallest absolute Gasteiger partial charge is 0.256 e. The number of carbonyl (C=O) groups is 2. The zero-order valence-electron chi connectivity index (χ0n) is 16.1. The zero-order valence-corrected chi connectivity index (χ0v) is 16.1. The minimum atomic E-state index is -0.0976. The lowest BCUT2D eigenvalue weighted by molar-refractivity contribution is 0.0748. The molecule has 0 aliphatic carbocycles. The molecule has 1 aromatic heterocycles. The number of anilines is 1. The van der Waals surface area contributed by atoms with E-state index in [9.17, 15) is 9.59 Å². The van der Waals surface area contributed by atoms with Crippen molar-refractivity contribution in [3.05, 3.63) is 60.3 Å². The number of nitrogens with zero attached hydrogens (tertiary/aromatic N) is 3. The number of hydrogen-bond acceptors (Lipinski definition) is 4. The Morgan fingerprint density at radius 1 is 0.929 bits per heavy atom. The first-order valence-electron chi connectivity index (χ1n) is 9.38. The summed E-state index contributed by atoms with van der Waals surface area (Å²) in [6.07, 6.45) is 1.67. The second-order valence-electron chi connectivity index (χ2n) is 6.93. The summed E-state index contributed by atoms with van der Waals surface area (Å²) in [7, 11) is 1.66. The number of piperazine rings is 1. The van der Waals surface area contributed by atoms with Gasteiger partial charge in [0.15, 0.2) is 0 Å². The molecule has 1 aliphatic rings. The fourth-order valence-corrected chi connectivity index (χ4v) is 3.74. The molecule has 3 aromatic rings. The predicted octanol–water partition coefficient (Wildman–Crippen LogP) is 3.27. The number of carbonyl (C=O) groups excluding carboxylic acids is 2. The van der Waals surface area contributed by atoms with E-state index in [1.165, 1.54) is 6.92 Å². The molecular weight excluding hydrogens is 354 g/mol. The van der Waals surface area contributed by atoms with Gasteiger partial charge in [-0.15, -0.1) is 0 Å². The molecule has 0 bridgehead atoms. The van der Waals surface area contributed by atoms with Crippen molar-refractivity contribution in [3.63, 3.8) is 0 Å². The van der Waals surface area contributed by atoms with Gasteiger partial charge in [-0.1, -0.05) is 18.2 Å². The molecule has 1 amide bonds. The van der Waals surface area contributed by atoms with Gasteiger partial charge in [-0.25, -0.2) is 0 Å². The van der Waals surface area contributed by atoms with E-state index in [1.807, 2.05) is 53.4 Å². The van der Waals surface area contributed by atoms with E-state index in [2.05, 4.69) is 4.90 Å². The maximum absolute atomic E-state index is 13.1. The van der Waals surface area contributed by atoms with Gasteiger partial charge in [0.05, 0.1) is 18.2 Å². The average molecular weight is 377 g/mol. The summed E-state index contributed by atoms with van der Waals surface area (Å²) in [5.74, 6) is 0.713. The molecule has 0 atom stereocenters. The first-order chi connectivity index (χ1) is 13.6. The van der Waals surface area contributed by atoms with Crippen LogP contribution < -0.4 is 9.64 Å². The van der Waals surface area contributed by atoms with Crippen molar-refractivity contribution in [2.24, 2.45) is 0 Å². The van der Waals surface area contributed by atoms with E-state index in [1.54, 1.807) is 17.9 Å². The molecule has 1 aliphatic heterocycles. The molecule has 1 fully saturated rings. The molecule has 4 rings (SSSR count). The normalized spacial score (nSPS) is 14.4. The van der Waals surface area contributed by atoms with E-state index >= 15 is 0 Å². The summed E-state index contributed by atoms with van der Waals surface area (Å²) < 4.78 is 6.76. The molecule has 0 unspecified atom stereocenters. The van der Waals surface area contributed by atoms with Gasteiger partial charge in [0.25, 0.3) is 5.91 Å². The van der Waals surface area contributed by atoms with Gasteiger partial charge in [0, 0.05) is 50.4 Å². The van der Waals surface area contributed by atoms with Gasteiger partial charge in [-0.05, 0) is 30.3 Å². The second kappa shape index (κ2) is 7.38. The van der Waals surface area contributed by atoms with E-state index in [4.69, 9.17) is 4.74 Å². The SMILES string of the molecule is COc1ccc(N2CCN(C(=O)c3cn(C(C)=O)c4ccccc34)CC2)cc1. The molecule has 0 N–H and O–H groups in total. The van der Waals surface area contributed by atoms with Crippen LogP contribution in [0, 0.1) is 0 Å². The molecule has 0 spiro atoms. The van der Waals surface area contributed by atoms with Crippen molar-refractivity contribution in [1.82, 2.24) is 9.47 Å². The summed E-state index contributed by atoms with van der Waals surface area (Å²) in [5.41, 5.74) is 2.49. The quantitative estimate of drug-likeness (QED) is 0.703. The number of ether oxygens (including phenoxy) is 1. The van der Waals surface area contributed by atoms with Crippen LogP contribution in [0.15, 0.2) is 54.7 Å². The highest BCUT2D eigenvalue weighted by Crippen LogP contribution is 2.25. The second-order valence-corrected chi connectivity index (χ2v) is 6.93. The number of benzene rings is 2. The number of fused-ring (bicyclic) bond motifs is 1.